The third-order valence-electron chi connectivity index (χ3n) is 6.06. The summed E-state index contributed by atoms with van der Waals surface area (Å²) >= 11 is 6.23. The van der Waals surface area contributed by atoms with Gasteiger partial charge in [0.15, 0.2) is 0 Å². The van der Waals surface area contributed by atoms with E-state index in [1.165, 1.54) is 4.90 Å². The van der Waals surface area contributed by atoms with Gasteiger partial charge in [0.1, 0.15) is 12.6 Å². The lowest BCUT2D eigenvalue weighted by molar-refractivity contribution is -0.139. The topological polar surface area (TPSA) is 86.8 Å². The van der Waals surface area contributed by atoms with Crippen molar-refractivity contribution < 1.29 is 18.0 Å². The van der Waals surface area contributed by atoms with Crippen LogP contribution in [0.1, 0.15) is 44.7 Å². The van der Waals surface area contributed by atoms with Gasteiger partial charge in [-0.25, -0.2) is 8.42 Å². The van der Waals surface area contributed by atoms with E-state index in [0.29, 0.717) is 29.1 Å². The minimum Gasteiger partial charge on any atom is -0.352 e. The lowest BCUT2D eigenvalue weighted by atomic mass is 10.1. The highest BCUT2D eigenvalue weighted by atomic mass is 35.5. The first-order valence-corrected chi connectivity index (χ1v) is 14.1. The van der Waals surface area contributed by atoms with Gasteiger partial charge in [-0.3, -0.25) is 13.9 Å². The third kappa shape index (κ3) is 7.97. The molecule has 2 amide bonds. The first-order valence-electron chi connectivity index (χ1n) is 11.9. The fraction of sp³-hybridized carbons (Fsp3) is 0.462. The molecule has 9 heteroatoms. The number of carbonyl (C=O) groups is 2. The van der Waals surface area contributed by atoms with Crippen molar-refractivity contribution in [3.8, 4) is 0 Å². The molecular formula is C26H36ClN3O4S. The van der Waals surface area contributed by atoms with Crippen LogP contribution in [0.3, 0.4) is 0 Å². The quantitative estimate of drug-likeness (QED) is 0.454. The highest BCUT2D eigenvalue weighted by Crippen LogP contribution is 2.28. The van der Waals surface area contributed by atoms with E-state index in [2.05, 4.69) is 5.32 Å². The van der Waals surface area contributed by atoms with Gasteiger partial charge >= 0.3 is 0 Å². The number of nitrogens with one attached hydrogen (secondary N) is 1. The monoisotopic (exact) mass is 521 g/mol. The van der Waals surface area contributed by atoms with E-state index in [0.717, 1.165) is 22.5 Å². The van der Waals surface area contributed by atoms with Crippen molar-refractivity contribution in [2.24, 2.45) is 0 Å². The van der Waals surface area contributed by atoms with E-state index in [4.69, 9.17) is 11.6 Å². The molecule has 0 spiro atoms. The van der Waals surface area contributed by atoms with Gasteiger partial charge in [0.25, 0.3) is 0 Å². The van der Waals surface area contributed by atoms with Crippen molar-refractivity contribution >= 4 is 39.1 Å². The number of nitrogens with zero attached hydrogens (tertiary/aromatic N) is 2. The molecule has 0 radical (unpaired) electrons. The number of halogens is 1. The molecule has 0 aliphatic heterocycles. The van der Waals surface area contributed by atoms with Gasteiger partial charge in [0.2, 0.25) is 21.8 Å². The summed E-state index contributed by atoms with van der Waals surface area (Å²) in [5.41, 5.74) is 1.92. The molecule has 0 bridgehead atoms. The number of hydrogen-bond donors (Lipinski definition) is 1. The summed E-state index contributed by atoms with van der Waals surface area (Å²) in [6.07, 6.45) is 2.75. The molecular weight excluding hydrogens is 486 g/mol. The Morgan fingerprint density at radius 2 is 1.69 bits per heavy atom. The molecule has 0 aliphatic carbocycles. The van der Waals surface area contributed by atoms with Crippen LogP contribution in [0.2, 0.25) is 5.02 Å². The number of sulfonamides is 1. The van der Waals surface area contributed by atoms with Gasteiger partial charge in [0, 0.05) is 17.6 Å². The zero-order valence-electron chi connectivity index (χ0n) is 21.1. The SMILES string of the molecule is CC[C@H](C(=O)N[C@@H](C)CC)N(CCc1ccccc1)C(=O)CN(c1cccc(Cl)c1C)S(C)(=O)=O. The molecule has 0 fully saturated rings. The predicted molar refractivity (Wildman–Crippen MR) is 142 cm³/mol. The van der Waals surface area contributed by atoms with Crippen molar-refractivity contribution in [3.63, 3.8) is 0 Å². The Kier molecular flexibility index (Phi) is 10.6. The lowest BCUT2D eigenvalue weighted by Gasteiger charge is -2.33. The fourth-order valence-electron chi connectivity index (χ4n) is 3.80. The van der Waals surface area contributed by atoms with Crippen LogP contribution in [0, 0.1) is 6.92 Å². The molecule has 0 saturated heterocycles. The maximum Gasteiger partial charge on any atom is 0.244 e. The fourth-order valence-corrected chi connectivity index (χ4v) is 4.87. The molecule has 0 aromatic heterocycles. The Morgan fingerprint density at radius 3 is 2.26 bits per heavy atom. The van der Waals surface area contributed by atoms with E-state index in [9.17, 15) is 18.0 Å². The van der Waals surface area contributed by atoms with Gasteiger partial charge in [-0.15, -0.1) is 0 Å². The number of anilines is 1. The number of carbonyl (C=O) groups excluding carboxylic acids is 2. The number of amides is 2. The Balaban J connectivity index is 2.40. The molecule has 0 heterocycles. The van der Waals surface area contributed by atoms with E-state index < -0.39 is 28.5 Å². The summed E-state index contributed by atoms with van der Waals surface area (Å²) < 4.78 is 26.5. The zero-order chi connectivity index (χ0) is 26.2. The van der Waals surface area contributed by atoms with Crippen molar-refractivity contribution in [2.45, 2.75) is 59.0 Å². The number of benzene rings is 2. The lowest BCUT2D eigenvalue weighted by Crippen LogP contribution is -2.54. The van der Waals surface area contributed by atoms with Crippen LogP contribution in [-0.4, -0.2) is 56.6 Å². The Morgan fingerprint density at radius 1 is 1.03 bits per heavy atom. The first-order chi connectivity index (χ1) is 16.5. The number of rotatable bonds is 12. The Hall–Kier alpha value is -2.58. The molecule has 2 atom stereocenters. The molecule has 0 aliphatic rings. The van der Waals surface area contributed by atoms with Crippen molar-refractivity contribution in [1.82, 2.24) is 10.2 Å². The maximum absolute atomic E-state index is 13.7. The van der Waals surface area contributed by atoms with Gasteiger partial charge < -0.3 is 10.2 Å². The first kappa shape index (κ1) is 28.7. The summed E-state index contributed by atoms with van der Waals surface area (Å²) in [5, 5.41) is 3.37. The van der Waals surface area contributed by atoms with Crippen LogP contribution in [0.25, 0.3) is 0 Å². The zero-order valence-corrected chi connectivity index (χ0v) is 22.7. The standard InChI is InChI=1S/C26H36ClN3O4S/c1-6-19(3)28-26(32)23(7-2)29(17-16-21-12-9-8-10-13-21)25(31)18-30(35(5,33)34)24-15-11-14-22(27)20(24)4/h8-15,19,23H,6-7,16-18H2,1-5H3,(H,28,32)/t19-,23+/m0/s1. The minimum absolute atomic E-state index is 0.0377. The predicted octanol–water partition coefficient (Wildman–Crippen LogP) is 4.18. The third-order valence-corrected chi connectivity index (χ3v) is 7.59. The van der Waals surface area contributed by atoms with Crippen LogP contribution >= 0.6 is 11.6 Å². The summed E-state index contributed by atoms with van der Waals surface area (Å²) in [6, 6.07) is 13.8. The van der Waals surface area contributed by atoms with Crippen molar-refractivity contribution in [3.05, 3.63) is 64.7 Å². The average molecular weight is 522 g/mol. The molecule has 0 unspecified atom stereocenters. The Bertz CT molecular complexity index is 1110. The van der Waals surface area contributed by atoms with Gasteiger partial charge in [-0.2, -0.15) is 0 Å². The second-order valence-electron chi connectivity index (χ2n) is 8.72. The maximum atomic E-state index is 13.7. The van der Waals surface area contributed by atoms with Gasteiger partial charge in [-0.05, 0) is 56.4 Å². The van der Waals surface area contributed by atoms with E-state index in [1.807, 2.05) is 51.1 Å². The van der Waals surface area contributed by atoms with E-state index >= 15 is 0 Å². The van der Waals surface area contributed by atoms with Gasteiger partial charge in [0.05, 0.1) is 11.9 Å². The smallest absolute Gasteiger partial charge is 0.244 e. The van der Waals surface area contributed by atoms with Crippen LogP contribution < -0.4 is 9.62 Å². The van der Waals surface area contributed by atoms with Crippen LogP contribution in [0.5, 0.6) is 0 Å². The summed E-state index contributed by atoms with van der Waals surface area (Å²) in [7, 11) is -3.80. The van der Waals surface area contributed by atoms with Crippen LogP contribution in [0.15, 0.2) is 48.5 Å². The average Bonchev–Trinajstić information content (AvgIpc) is 2.81. The highest BCUT2D eigenvalue weighted by molar-refractivity contribution is 7.92. The molecule has 2 aromatic carbocycles. The van der Waals surface area contributed by atoms with Crippen LogP contribution in [-0.2, 0) is 26.0 Å². The summed E-state index contributed by atoms with van der Waals surface area (Å²) in [6.45, 7) is 7.29. The molecule has 2 aromatic rings. The second-order valence-corrected chi connectivity index (χ2v) is 11.0. The molecule has 35 heavy (non-hydrogen) atoms. The summed E-state index contributed by atoms with van der Waals surface area (Å²) in [5.74, 6) is -0.690. The molecule has 7 nitrogen and oxygen atoms in total. The highest BCUT2D eigenvalue weighted by Gasteiger charge is 2.32. The number of hydrogen-bond acceptors (Lipinski definition) is 4. The minimum atomic E-state index is -3.80. The molecule has 1 N–H and O–H groups in total. The van der Waals surface area contributed by atoms with E-state index in [-0.39, 0.29) is 18.5 Å². The van der Waals surface area contributed by atoms with Crippen molar-refractivity contribution in [2.75, 3.05) is 23.7 Å². The Labute approximate surface area is 214 Å². The normalized spacial score (nSPS) is 13.1. The second kappa shape index (κ2) is 12.9. The molecule has 192 valence electrons. The largest absolute Gasteiger partial charge is 0.352 e. The molecule has 2 rings (SSSR count). The molecule has 0 saturated carbocycles. The van der Waals surface area contributed by atoms with Gasteiger partial charge in [-0.1, -0.05) is 61.8 Å². The summed E-state index contributed by atoms with van der Waals surface area (Å²) in [4.78, 5) is 28.3. The van der Waals surface area contributed by atoms with Crippen molar-refractivity contribution in [1.29, 1.82) is 0 Å². The van der Waals surface area contributed by atoms with Crippen LogP contribution in [0.4, 0.5) is 5.69 Å². The van der Waals surface area contributed by atoms with E-state index in [1.54, 1.807) is 25.1 Å².